The van der Waals surface area contributed by atoms with Crippen molar-refractivity contribution in [1.82, 2.24) is 0 Å². The highest BCUT2D eigenvalue weighted by molar-refractivity contribution is 6.28. The first kappa shape index (κ1) is 14.5. The fraction of sp³-hybridized carbons (Fsp3) is 0.167. The molecule has 0 fully saturated rings. The van der Waals surface area contributed by atoms with Crippen molar-refractivity contribution in [2.24, 2.45) is 0 Å². The first-order chi connectivity index (χ1) is 10.6. The van der Waals surface area contributed by atoms with Crippen LogP contribution in [0.25, 0.3) is 6.08 Å². The highest BCUT2D eigenvalue weighted by Gasteiger charge is 2.31. The normalized spacial score (nSPS) is 18.4. The summed E-state index contributed by atoms with van der Waals surface area (Å²) >= 11 is 0. The summed E-state index contributed by atoms with van der Waals surface area (Å²) in [5, 5.41) is 0. The standard InChI is InChI=1S/C18H15BO3/c1-21-12-5-3-11(4-6-12)9-16-17(19)15-10-13(22-2)7-8-14(15)18(16)20/h3-10,17H,1-2H3/b16-9+. The zero-order valence-corrected chi connectivity index (χ0v) is 12.5. The zero-order valence-electron chi connectivity index (χ0n) is 12.5. The van der Waals surface area contributed by atoms with E-state index in [9.17, 15) is 4.79 Å². The van der Waals surface area contributed by atoms with Gasteiger partial charge in [0.2, 0.25) is 0 Å². The zero-order chi connectivity index (χ0) is 15.7. The third-order valence-electron chi connectivity index (χ3n) is 3.87. The molecule has 4 heteroatoms. The Morgan fingerprint density at radius 1 is 1.00 bits per heavy atom. The molecule has 1 unspecified atom stereocenters. The van der Waals surface area contributed by atoms with E-state index in [1.54, 1.807) is 26.4 Å². The maximum absolute atomic E-state index is 12.5. The molecule has 3 nitrogen and oxygen atoms in total. The number of carbonyl (C=O) groups is 1. The lowest BCUT2D eigenvalue weighted by Crippen LogP contribution is -1.99. The molecule has 3 rings (SSSR count). The van der Waals surface area contributed by atoms with Gasteiger partial charge in [-0.2, -0.15) is 0 Å². The average Bonchev–Trinajstić information content (AvgIpc) is 2.80. The summed E-state index contributed by atoms with van der Waals surface area (Å²) in [6, 6.07) is 12.9. The van der Waals surface area contributed by atoms with Crippen LogP contribution in [-0.2, 0) is 0 Å². The summed E-state index contributed by atoms with van der Waals surface area (Å²) in [6.07, 6.45) is 1.83. The van der Waals surface area contributed by atoms with Crippen LogP contribution in [0.5, 0.6) is 11.5 Å². The molecule has 0 bridgehead atoms. The molecule has 2 aromatic rings. The number of rotatable bonds is 3. The number of methoxy groups -OCH3 is 2. The maximum Gasteiger partial charge on any atom is 0.189 e. The van der Waals surface area contributed by atoms with Crippen LogP contribution >= 0.6 is 0 Å². The van der Waals surface area contributed by atoms with Crippen molar-refractivity contribution in [3.05, 3.63) is 64.7 Å². The van der Waals surface area contributed by atoms with E-state index >= 15 is 0 Å². The minimum absolute atomic E-state index is 0.0269. The molecule has 1 atom stereocenters. The van der Waals surface area contributed by atoms with Crippen LogP contribution in [0, 0.1) is 0 Å². The lowest BCUT2D eigenvalue weighted by molar-refractivity contribution is 0.104. The summed E-state index contributed by atoms with van der Waals surface area (Å²) in [5.41, 5.74) is 2.96. The maximum atomic E-state index is 12.5. The minimum Gasteiger partial charge on any atom is -0.497 e. The van der Waals surface area contributed by atoms with Crippen LogP contribution in [0.3, 0.4) is 0 Å². The SMILES string of the molecule is [B]C1/C(=C\c2ccc(OC)cc2)C(=O)c2ccc(OC)cc21. The molecule has 1 aliphatic rings. The van der Waals surface area contributed by atoms with Crippen LogP contribution in [0.1, 0.15) is 27.3 Å². The van der Waals surface area contributed by atoms with E-state index in [0.717, 1.165) is 16.9 Å². The highest BCUT2D eigenvalue weighted by atomic mass is 16.5. The number of benzene rings is 2. The summed E-state index contributed by atoms with van der Waals surface area (Å²) < 4.78 is 10.3. The van der Waals surface area contributed by atoms with E-state index < -0.39 is 5.82 Å². The second kappa shape index (κ2) is 5.72. The molecule has 108 valence electrons. The largest absolute Gasteiger partial charge is 0.497 e. The number of ketones is 1. The molecule has 0 spiro atoms. The Kier molecular flexibility index (Phi) is 3.76. The number of ether oxygens (including phenoxy) is 2. The molecule has 0 aromatic heterocycles. The Bertz CT molecular complexity index is 747. The van der Waals surface area contributed by atoms with Crippen molar-refractivity contribution in [2.45, 2.75) is 5.82 Å². The predicted molar refractivity (Wildman–Crippen MR) is 86.8 cm³/mol. The Hall–Kier alpha value is -2.49. The van der Waals surface area contributed by atoms with Crippen LogP contribution in [0.15, 0.2) is 48.0 Å². The van der Waals surface area contributed by atoms with Crippen LogP contribution < -0.4 is 9.47 Å². The van der Waals surface area contributed by atoms with Crippen LogP contribution in [0.2, 0.25) is 0 Å². The quantitative estimate of drug-likeness (QED) is 0.643. The van der Waals surface area contributed by atoms with E-state index in [-0.39, 0.29) is 5.78 Å². The lowest BCUT2D eigenvalue weighted by atomic mass is 9.79. The third kappa shape index (κ3) is 2.41. The second-order valence-corrected chi connectivity index (χ2v) is 5.13. The first-order valence-corrected chi connectivity index (χ1v) is 6.98. The monoisotopic (exact) mass is 290 g/mol. The van der Waals surface area contributed by atoms with Gasteiger partial charge in [0.15, 0.2) is 5.78 Å². The Morgan fingerprint density at radius 2 is 1.64 bits per heavy atom. The molecule has 0 saturated carbocycles. The van der Waals surface area contributed by atoms with Gasteiger partial charge in [-0.05, 0) is 58.9 Å². The molecule has 0 N–H and O–H groups in total. The molecule has 0 saturated heterocycles. The van der Waals surface area contributed by atoms with Gasteiger partial charge in [0.05, 0.1) is 22.1 Å². The van der Waals surface area contributed by atoms with Gasteiger partial charge < -0.3 is 9.47 Å². The highest BCUT2D eigenvalue weighted by Crippen LogP contribution is 2.38. The number of hydrogen-bond donors (Lipinski definition) is 0. The molecular formula is C18H15BO3. The van der Waals surface area contributed by atoms with Gasteiger partial charge >= 0.3 is 0 Å². The van der Waals surface area contributed by atoms with E-state index in [2.05, 4.69) is 0 Å². The predicted octanol–water partition coefficient (Wildman–Crippen LogP) is 3.19. The number of Topliss-reactive ketones (excluding diaryl/α,β-unsaturated/α-hetero) is 1. The van der Waals surface area contributed by atoms with Gasteiger partial charge in [-0.3, -0.25) is 4.79 Å². The Balaban J connectivity index is 1.98. The molecule has 2 aromatic carbocycles. The van der Waals surface area contributed by atoms with Gasteiger partial charge in [0.25, 0.3) is 0 Å². The molecule has 22 heavy (non-hydrogen) atoms. The van der Waals surface area contributed by atoms with Crippen molar-refractivity contribution in [1.29, 1.82) is 0 Å². The van der Waals surface area contributed by atoms with E-state index in [1.165, 1.54) is 0 Å². The smallest absolute Gasteiger partial charge is 0.189 e. The summed E-state index contributed by atoms with van der Waals surface area (Å²) in [4.78, 5) is 12.5. The van der Waals surface area contributed by atoms with E-state index in [4.69, 9.17) is 17.3 Å². The van der Waals surface area contributed by atoms with Crippen molar-refractivity contribution >= 4 is 19.7 Å². The first-order valence-electron chi connectivity index (χ1n) is 6.98. The fourth-order valence-corrected chi connectivity index (χ4v) is 2.63. The van der Waals surface area contributed by atoms with Gasteiger partial charge in [0.1, 0.15) is 11.5 Å². The van der Waals surface area contributed by atoms with Gasteiger partial charge in [-0.15, -0.1) is 0 Å². The summed E-state index contributed by atoms with van der Waals surface area (Å²) in [6.45, 7) is 0. The lowest BCUT2D eigenvalue weighted by Gasteiger charge is -2.07. The van der Waals surface area contributed by atoms with Crippen molar-refractivity contribution < 1.29 is 14.3 Å². The number of allylic oxidation sites excluding steroid dienone is 1. The molecule has 1 aliphatic carbocycles. The van der Waals surface area contributed by atoms with Crippen LogP contribution in [0.4, 0.5) is 0 Å². The second-order valence-electron chi connectivity index (χ2n) is 5.13. The number of hydrogen-bond acceptors (Lipinski definition) is 3. The number of carbonyl (C=O) groups excluding carboxylic acids is 1. The van der Waals surface area contributed by atoms with E-state index in [0.29, 0.717) is 16.9 Å². The Labute approximate surface area is 131 Å². The fourth-order valence-electron chi connectivity index (χ4n) is 2.63. The summed E-state index contributed by atoms with van der Waals surface area (Å²) in [5.74, 6) is 1.02. The molecule has 2 radical (unpaired) electrons. The molecular weight excluding hydrogens is 275 g/mol. The van der Waals surface area contributed by atoms with Gasteiger partial charge in [-0.25, -0.2) is 0 Å². The van der Waals surface area contributed by atoms with Gasteiger partial charge in [-0.1, -0.05) is 12.1 Å². The van der Waals surface area contributed by atoms with Gasteiger partial charge in [0, 0.05) is 5.56 Å². The van der Waals surface area contributed by atoms with Crippen molar-refractivity contribution in [2.75, 3.05) is 14.2 Å². The van der Waals surface area contributed by atoms with Crippen molar-refractivity contribution in [3.8, 4) is 11.5 Å². The average molecular weight is 290 g/mol. The van der Waals surface area contributed by atoms with E-state index in [1.807, 2.05) is 36.4 Å². The Morgan fingerprint density at radius 3 is 2.27 bits per heavy atom. The molecule has 0 heterocycles. The van der Waals surface area contributed by atoms with Crippen LogP contribution in [-0.4, -0.2) is 27.8 Å². The minimum atomic E-state index is -0.431. The topological polar surface area (TPSA) is 35.5 Å². The van der Waals surface area contributed by atoms with Crippen molar-refractivity contribution in [3.63, 3.8) is 0 Å². The molecule has 0 aliphatic heterocycles. The number of fused-ring (bicyclic) bond motifs is 1. The summed E-state index contributed by atoms with van der Waals surface area (Å²) in [7, 11) is 9.45. The molecule has 0 amide bonds. The third-order valence-corrected chi connectivity index (χ3v) is 3.87.